The van der Waals surface area contributed by atoms with E-state index >= 15 is 0 Å². The number of ether oxygens (including phenoxy) is 2. The number of carbonyl (C=O) groups excluding carboxylic acids is 2. The Bertz CT molecular complexity index is 1320. The lowest BCUT2D eigenvalue weighted by atomic mass is 10.1. The highest BCUT2D eigenvalue weighted by atomic mass is 32.2. The molecule has 0 radical (unpaired) electrons. The van der Waals surface area contributed by atoms with Crippen molar-refractivity contribution in [3.05, 3.63) is 102 Å². The van der Waals surface area contributed by atoms with Crippen LogP contribution < -0.4 is 9.08 Å². The second-order valence-electron chi connectivity index (χ2n) is 8.16. The van der Waals surface area contributed by atoms with Crippen molar-refractivity contribution in [1.82, 2.24) is 0 Å². The Morgan fingerprint density at radius 1 is 0.919 bits per heavy atom. The normalized spacial score (nSPS) is 12.2. The van der Waals surface area contributed by atoms with Crippen LogP contribution in [0.25, 0.3) is 6.08 Å². The molecule has 0 saturated heterocycles. The van der Waals surface area contributed by atoms with E-state index in [-0.39, 0.29) is 18.2 Å². The molecule has 0 aromatic heterocycles. The van der Waals surface area contributed by atoms with Crippen molar-refractivity contribution >= 4 is 33.8 Å². The molecule has 3 rings (SSSR count). The van der Waals surface area contributed by atoms with Crippen LogP contribution in [-0.2, 0) is 30.8 Å². The first kappa shape index (κ1) is 27.6. The fourth-order valence-electron chi connectivity index (χ4n) is 3.57. The van der Waals surface area contributed by atoms with Crippen molar-refractivity contribution in [3.63, 3.8) is 0 Å². The second-order valence-corrected chi connectivity index (χ2v) is 9.73. The van der Waals surface area contributed by atoms with Gasteiger partial charge < -0.3 is 18.6 Å². The van der Waals surface area contributed by atoms with Gasteiger partial charge in [0.2, 0.25) is 0 Å². The molecule has 0 aliphatic rings. The van der Waals surface area contributed by atoms with Crippen LogP contribution >= 0.6 is 0 Å². The molecular formula is C28H29NO7S. The van der Waals surface area contributed by atoms with Crippen molar-refractivity contribution in [2.24, 2.45) is 0 Å². The molecule has 0 aliphatic carbocycles. The largest absolute Gasteiger partial charge is 0.467 e. The highest BCUT2D eigenvalue weighted by Crippen LogP contribution is 2.21. The van der Waals surface area contributed by atoms with Gasteiger partial charge in [-0.15, -0.1) is 0 Å². The zero-order valence-corrected chi connectivity index (χ0v) is 21.7. The molecule has 1 unspecified atom stereocenters. The van der Waals surface area contributed by atoms with Crippen molar-refractivity contribution < 1.29 is 31.7 Å². The minimum absolute atomic E-state index is 0.167. The van der Waals surface area contributed by atoms with Crippen molar-refractivity contribution in [1.29, 1.82) is 0 Å². The number of anilines is 1. The predicted molar refractivity (Wildman–Crippen MR) is 142 cm³/mol. The van der Waals surface area contributed by atoms with Crippen LogP contribution in [0.3, 0.4) is 0 Å². The molecule has 0 aliphatic heterocycles. The van der Waals surface area contributed by atoms with Crippen LogP contribution in [0.5, 0.6) is 5.75 Å². The predicted octanol–water partition coefficient (Wildman–Crippen LogP) is 4.12. The van der Waals surface area contributed by atoms with E-state index in [2.05, 4.69) is 0 Å². The molecule has 0 saturated carbocycles. The number of esters is 1. The van der Waals surface area contributed by atoms with Crippen molar-refractivity contribution in [2.75, 3.05) is 31.9 Å². The zero-order valence-electron chi connectivity index (χ0n) is 20.9. The number of methoxy groups -OCH3 is 2. The van der Waals surface area contributed by atoms with E-state index in [0.29, 0.717) is 17.7 Å². The van der Waals surface area contributed by atoms with Crippen LogP contribution in [0.1, 0.15) is 21.5 Å². The Morgan fingerprint density at radius 3 is 2.14 bits per heavy atom. The first-order chi connectivity index (χ1) is 17.7. The van der Waals surface area contributed by atoms with Crippen LogP contribution in [-0.4, -0.2) is 53.4 Å². The Kier molecular flexibility index (Phi) is 9.59. The quantitative estimate of drug-likeness (QED) is 0.275. The van der Waals surface area contributed by atoms with Gasteiger partial charge in [-0.25, -0.2) is 4.79 Å². The molecular weight excluding hydrogens is 494 g/mol. The number of hydrogen-bond acceptors (Lipinski definition) is 7. The molecule has 194 valence electrons. The SMILES string of the molecule is COC(=O)C(Cc1ccc(N(CC=Cc2ccc(OS(C)(=O)=O)cc2)C(=O)c2ccccc2)cc1)OC. The molecule has 3 aromatic carbocycles. The lowest BCUT2D eigenvalue weighted by molar-refractivity contribution is -0.152. The first-order valence-corrected chi connectivity index (χ1v) is 13.2. The fraction of sp³-hybridized carbons (Fsp3) is 0.214. The summed E-state index contributed by atoms with van der Waals surface area (Å²) in [7, 11) is -0.826. The highest BCUT2D eigenvalue weighted by molar-refractivity contribution is 7.86. The van der Waals surface area contributed by atoms with E-state index in [0.717, 1.165) is 17.4 Å². The summed E-state index contributed by atoms with van der Waals surface area (Å²) in [6.07, 6.45) is 4.30. The summed E-state index contributed by atoms with van der Waals surface area (Å²) >= 11 is 0. The number of benzene rings is 3. The van der Waals surface area contributed by atoms with Gasteiger partial charge in [0.1, 0.15) is 5.75 Å². The van der Waals surface area contributed by atoms with Crippen LogP contribution in [0.2, 0.25) is 0 Å². The second kappa shape index (κ2) is 12.8. The summed E-state index contributed by atoms with van der Waals surface area (Å²) in [4.78, 5) is 26.8. The van der Waals surface area contributed by atoms with E-state index in [1.807, 2.05) is 54.6 Å². The van der Waals surface area contributed by atoms with E-state index in [4.69, 9.17) is 13.7 Å². The maximum absolute atomic E-state index is 13.3. The summed E-state index contributed by atoms with van der Waals surface area (Å²) in [6, 6.07) is 22.9. The third kappa shape index (κ3) is 8.30. The summed E-state index contributed by atoms with van der Waals surface area (Å²) in [5.41, 5.74) is 2.91. The molecule has 3 aromatic rings. The minimum atomic E-state index is -3.59. The van der Waals surface area contributed by atoms with E-state index in [1.165, 1.54) is 14.2 Å². The Balaban J connectivity index is 1.79. The monoisotopic (exact) mass is 523 g/mol. The molecule has 1 atom stereocenters. The van der Waals surface area contributed by atoms with Crippen LogP contribution in [0.15, 0.2) is 84.9 Å². The molecule has 8 nitrogen and oxygen atoms in total. The highest BCUT2D eigenvalue weighted by Gasteiger charge is 2.20. The van der Waals surface area contributed by atoms with E-state index in [1.54, 1.807) is 41.3 Å². The van der Waals surface area contributed by atoms with E-state index in [9.17, 15) is 18.0 Å². The molecule has 0 spiro atoms. The van der Waals surface area contributed by atoms with Crippen molar-refractivity contribution in [2.45, 2.75) is 12.5 Å². The maximum Gasteiger partial charge on any atom is 0.335 e. The zero-order chi connectivity index (χ0) is 26.8. The van der Waals surface area contributed by atoms with Gasteiger partial charge in [0, 0.05) is 31.3 Å². The van der Waals surface area contributed by atoms with Gasteiger partial charge in [-0.05, 0) is 47.5 Å². The van der Waals surface area contributed by atoms with Gasteiger partial charge in [-0.3, -0.25) is 4.79 Å². The molecule has 1 amide bonds. The van der Waals surface area contributed by atoms with Gasteiger partial charge in [-0.1, -0.05) is 54.6 Å². The number of hydrogen-bond donors (Lipinski definition) is 0. The minimum Gasteiger partial charge on any atom is -0.467 e. The molecule has 0 fully saturated rings. The van der Waals surface area contributed by atoms with Crippen LogP contribution in [0.4, 0.5) is 5.69 Å². The summed E-state index contributed by atoms with van der Waals surface area (Å²) in [5, 5.41) is 0. The standard InChI is InChI=1S/C28H29NO7S/c1-34-26(28(31)35-2)20-22-11-15-24(16-12-22)29(27(30)23-9-5-4-6-10-23)19-7-8-21-13-17-25(18-14-21)36-37(3,32)33/h4-18,26H,19-20H2,1-3H3. The van der Waals surface area contributed by atoms with Gasteiger partial charge in [0.05, 0.1) is 13.4 Å². The van der Waals surface area contributed by atoms with Gasteiger partial charge in [0.15, 0.2) is 6.10 Å². The molecule has 37 heavy (non-hydrogen) atoms. The molecule has 9 heteroatoms. The smallest absolute Gasteiger partial charge is 0.335 e. The third-order valence-corrected chi connectivity index (χ3v) is 5.90. The summed E-state index contributed by atoms with van der Waals surface area (Å²) in [5.74, 6) is -0.392. The maximum atomic E-state index is 13.3. The van der Waals surface area contributed by atoms with Crippen LogP contribution in [0, 0.1) is 0 Å². The number of amides is 1. The van der Waals surface area contributed by atoms with Crippen molar-refractivity contribution in [3.8, 4) is 5.75 Å². The fourth-order valence-corrected chi connectivity index (χ4v) is 4.03. The Labute approximate surface area is 217 Å². The number of nitrogens with zero attached hydrogens (tertiary/aromatic N) is 1. The van der Waals surface area contributed by atoms with Gasteiger partial charge in [0.25, 0.3) is 5.91 Å². The summed E-state index contributed by atoms with van der Waals surface area (Å²) in [6.45, 7) is 0.289. The summed E-state index contributed by atoms with van der Waals surface area (Å²) < 4.78 is 37.4. The first-order valence-electron chi connectivity index (χ1n) is 11.4. The lowest BCUT2D eigenvalue weighted by Gasteiger charge is -2.22. The van der Waals surface area contributed by atoms with Gasteiger partial charge in [-0.2, -0.15) is 8.42 Å². The number of rotatable bonds is 11. The van der Waals surface area contributed by atoms with E-state index < -0.39 is 22.2 Å². The average molecular weight is 524 g/mol. The topological polar surface area (TPSA) is 99.2 Å². The molecule has 0 heterocycles. The Morgan fingerprint density at radius 2 is 1.57 bits per heavy atom. The lowest BCUT2D eigenvalue weighted by Crippen LogP contribution is -2.31. The average Bonchev–Trinajstić information content (AvgIpc) is 2.90. The molecule has 0 N–H and O–H groups in total. The third-order valence-electron chi connectivity index (χ3n) is 5.41. The Hall–Kier alpha value is -3.95. The number of carbonyl (C=O) groups is 2. The van der Waals surface area contributed by atoms with Gasteiger partial charge >= 0.3 is 16.1 Å². The molecule has 0 bridgehead atoms.